The minimum absolute atomic E-state index is 0. The molecule has 0 radical (unpaired) electrons. The highest BCUT2D eigenvalue weighted by Gasteiger charge is 2.17. The van der Waals surface area contributed by atoms with Crippen molar-refractivity contribution in [1.82, 2.24) is 10.3 Å². The van der Waals surface area contributed by atoms with Gasteiger partial charge < -0.3 is 10.1 Å². The topological polar surface area (TPSA) is 57.9 Å². The maximum absolute atomic E-state index is 9.38. The number of benzene rings is 1. The molecule has 1 aromatic carbocycles. The number of halogens is 1. The zero-order valence-electron chi connectivity index (χ0n) is 11.0. The number of fused-ring (bicyclic) bond motifs is 1. The van der Waals surface area contributed by atoms with Gasteiger partial charge in [-0.15, -0.1) is 12.4 Å². The van der Waals surface area contributed by atoms with Crippen molar-refractivity contribution in [2.75, 3.05) is 13.1 Å². The Morgan fingerprint density at radius 2 is 2.05 bits per heavy atom. The van der Waals surface area contributed by atoms with Crippen LogP contribution in [0.4, 0.5) is 0 Å². The Balaban J connectivity index is 0.00000147. The molecule has 4 nitrogen and oxygen atoms in total. The van der Waals surface area contributed by atoms with Crippen LogP contribution in [0, 0.1) is 11.3 Å². The first kappa shape index (κ1) is 14.6. The Morgan fingerprint density at radius 1 is 1.25 bits per heavy atom. The summed E-state index contributed by atoms with van der Waals surface area (Å²) in [5.41, 5.74) is 0.610. The van der Waals surface area contributed by atoms with Crippen molar-refractivity contribution in [3.8, 4) is 11.8 Å². The number of nitriles is 1. The normalized spacial score (nSPS) is 15.3. The molecule has 0 saturated carbocycles. The van der Waals surface area contributed by atoms with Crippen LogP contribution in [0.1, 0.15) is 18.4 Å². The van der Waals surface area contributed by atoms with Gasteiger partial charge in [0.2, 0.25) is 0 Å². The molecule has 104 valence electrons. The number of nitrogens with zero attached hydrogens (tertiary/aromatic N) is 2. The standard InChI is InChI=1S/C15H15N3O.ClH/c16-9-14-13-5-8-18-10-11(13)1-2-15(14)19-12-3-6-17-7-4-12;/h1-2,5,8,10,12,17H,3-4,6-7H2;1H. The number of aromatic nitrogens is 1. The maximum Gasteiger partial charge on any atom is 0.138 e. The van der Waals surface area contributed by atoms with E-state index in [-0.39, 0.29) is 18.5 Å². The smallest absolute Gasteiger partial charge is 0.138 e. The molecule has 0 atom stereocenters. The molecule has 1 aromatic heterocycles. The average molecular weight is 290 g/mol. The SMILES string of the molecule is Cl.N#Cc1c(OC2CCNCC2)ccc2cnccc12. The summed E-state index contributed by atoms with van der Waals surface area (Å²) >= 11 is 0. The van der Waals surface area contributed by atoms with Gasteiger partial charge in [-0.2, -0.15) is 5.26 Å². The first-order valence-corrected chi connectivity index (χ1v) is 6.52. The highest BCUT2D eigenvalue weighted by molar-refractivity contribution is 5.89. The van der Waals surface area contributed by atoms with Gasteiger partial charge in [-0.25, -0.2) is 0 Å². The lowest BCUT2D eigenvalue weighted by molar-refractivity contribution is 0.162. The molecular weight excluding hydrogens is 274 g/mol. The van der Waals surface area contributed by atoms with Gasteiger partial charge in [-0.3, -0.25) is 4.98 Å². The summed E-state index contributed by atoms with van der Waals surface area (Å²) in [5.74, 6) is 0.688. The number of nitrogens with one attached hydrogen (secondary N) is 1. The molecule has 3 rings (SSSR count). The van der Waals surface area contributed by atoms with Crippen molar-refractivity contribution in [3.63, 3.8) is 0 Å². The largest absolute Gasteiger partial charge is 0.489 e. The van der Waals surface area contributed by atoms with Crippen molar-refractivity contribution in [3.05, 3.63) is 36.2 Å². The van der Waals surface area contributed by atoms with Crippen LogP contribution in [0.2, 0.25) is 0 Å². The van der Waals surface area contributed by atoms with Crippen LogP contribution in [-0.4, -0.2) is 24.2 Å². The van der Waals surface area contributed by atoms with E-state index in [1.807, 2.05) is 18.2 Å². The number of hydrogen-bond acceptors (Lipinski definition) is 4. The fourth-order valence-corrected chi connectivity index (χ4v) is 2.46. The Bertz CT molecular complexity index is 633. The van der Waals surface area contributed by atoms with Crippen LogP contribution in [0.15, 0.2) is 30.6 Å². The lowest BCUT2D eigenvalue weighted by Gasteiger charge is -2.24. The van der Waals surface area contributed by atoms with Gasteiger partial charge in [0.25, 0.3) is 0 Å². The molecule has 2 heterocycles. The van der Waals surface area contributed by atoms with E-state index in [1.54, 1.807) is 12.4 Å². The number of hydrogen-bond donors (Lipinski definition) is 1. The molecule has 0 unspecified atom stereocenters. The van der Waals surface area contributed by atoms with E-state index >= 15 is 0 Å². The zero-order chi connectivity index (χ0) is 13.1. The Labute approximate surface area is 124 Å². The molecule has 0 bridgehead atoms. The first-order chi connectivity index (χ1) is 9.38. The first-order valence-electron chi connectivity index (χ1n) is 6.52. The molecule has 1 aliphatic heterocycles. The maximum atomic E-state index is 9.38. The van der Waals surface area contributed by atoms with E-state index < -0.39 is 0 Å². The minimum Gasteiger partial charge on any atom is -0.489 e. The van der Waals surface area contributed by atoms with Crippen molar-refractivity contribution in [1.29, 1.82) is 5.26 Å². The zero-order valence-corrected chi connectivity index (χ0v) is 11.8. The number of pyridine rings is 1. The van der Waals surface area contributed by atoms with E-state index in [1.165, 1.54) is 0 Å². The predicted octanol–water partition coefficient (Wildman–Crippen LogP) is 2.66. The second-order valence-corrected chi connectivity index (χ2v) is 4.71. The van der Waals surface area contributed by atoms with Gasteiger partial charge in [0, 0.05) is 23.2 Å². The van der Waals surface area contributed by atoms with Crippen molar-refractivity contribution in [2.24, 2.45) is 0 Å². The summed E-state index contributed by atoms with van der Waals surface area (Å²) in [6.07, 6.45) is 5.65. The van der Waals surface area contributed by atoms with E-state index in [2.05, 4.69) is 16.4 Å². The fourth-order valence-electron chi connectivity index (χ4n) is 2.46. The summed E-state index contributed by atoms with van der Waals surface area (Å²) in [6, 6.07) is 7.96. The molecule has 1 aliphatic rings. The molecule has 20 heavy (non-hydrogen) atoms. The third-order valence-electron chi connectivity index (χ3n) is 3.47. The molecule has 2 aromatic rings. The van der Waals surface area contributed by atoms with Gasteiger partial charge >= 0.3 is 0 Å². The van der Waals surface area contributed by atoms with Gasteiger partial charge in [0.1, 0.15) is 23.5 Å². The van der Waals surface area contributed by atoms with Crippen molar-refractivity contribution >= 4 is 23.2 Å². The van der Waals surface area contributed by atoms with Crippen LogP contribution in [0.25, 0.3) is 10.8 Å². The molecule has 1 saturated heterocycles. The van der Waals surface area contributed by atoms with Crippen molar-refractivity contribution in [2.45, 2.75) is 18.9 Å². The second-order valence-electron chi connectivity index (χ2n) is 4.71. The van der Waals surface area contributed by atoms with E-state index in [0.717, 1.165) is 36.7 Å². The van der Waals surface area contributed by atoms with E-state index in [9.17, 15) is 5.26 Å². The van der Waals surface area contributed by atoms with Crippen LogP contribution >= 0.6 is 12.4 Å². The molecule has 1 N–H and O–H groups in total. The number of rotatable bonds is 2. The quantitative estimate of drug-likeness (QED) is 0.923. The van der Waals surface area contributed by atoms with Gasteiger partial charge in [0.05, 0.1) is 0 Å². The molecular formula is C15H16ClN3O. The van der Waals surface area contributed by atoms with E-state index in [4.69, 9.17) is 4.74 Å². The monoisotopic (exact) mass is 289 g/mol. The lowest BCUT2D eigenvalue weighted by atomic mass is 10.1. The fraction of sp³-hybridized carbons (Fsp3) is 0.333. The highest BCUT2D eigenvalue weighted by Crippen LogP contribution is 2.28. The molecule has 1 fully saturated rings. The Hall–Kier alpha value is -1.83. The highest BCUT2D eigenvalue weighted by atomic mass is 35.5. The van der Waals surface area contributed by atoms with Crippen LogP contribution in [0.3, 0.4) is 0 Å². The van der Waals surface area contributed by atoms with Crippen LogP contribution in [0.5, 0.6) is 5.75 Å². The summed E-state index contributed by atoms with van der Waals surface area (Å²) in [7, 11) is 0. The number of piperidine rings is 1. The summed E-state index contributed by atoms with van der Waals surface area (Å²) < 4.78 is 6.00. The van der Waals surface area contributed by atoms with Crippen LogP contribution < -0.4 is 10.1 Å². The van der Waals surface area contributed by atoms with Crippen molar-refractivity contribution < 1.29 is 4.74 Å². The second kappa shape index (κ2) is 6.56. The molecule has 0 spiro atoms. The van der Waals surface area contributed by atoms with E-state index in [0.29, 0.717) is 11.3 Å². The summed E-state index contributed by atoms with van der Waals surface area (Å²) in [5, 5.41) is 14.6. The third-order valence-corrected chi connectivity index (χ3v) is 3.47. The predicted molar refractivity (Wildman–Crippen MR) is 80.2 cm³/mol. The summed E-state index contributed by atoms with van der Waals surface area (Å²) in [4.78, 5) is 4.08. The minimum atomic E-state index is 0. The van der Waals surface area contributed by atoms with Gasteiger partial charge in [-0.05, 0) is 44.1 Å². The van der Waals surface area contributed by atoms with Gasteiger partial charge in [-0.1, -0.05) is 0 Å². The molecule has 0 amide bonds. The lowest BCUT2D eigenvalue weighted by Crippen LogP contribution is -2.34. The van der Waals surface area contributed by atoms with Crippen LogP contribution in [-0.2, 0) is 0 Å². The average Bonchev–Trinajstić information content (AvgIpc) is 2.48. The summed E-state index contributed by atoms with van der Waals surface area (Å²) in [6.45, 7) is 1.95. The van der Waals surface area contributed by atoms with Gasteiger partial charge in [0.15, 0.2) is 0 Å². The Kier molecular flexibility index (Phi) is 4.78. The number of ether oxygens (including phenoxy) is 1. The molecule has 5 heteroatoms. The molecule has 0 aliphatic carbocycles. The Morgan fingerprint density at radius 3 is 2.80 bits per heavy atom. The third kappa shape index (κ3) is 2.84.